The van der Waals surface area contributed by atoms with Gasteiger partial charge >= 0.3 is 0 Å². The van der Waals surface area contributed by atoms with Crippen LogP contribution >= 0.6 is 12.2 Å². The monoisotopic (exact) mass is 354 g/mol. The second kappa shape index (κ2) is 9.54. The summed E-state index contributed by atoms with van der Waals surface area (Å²) in [7, 11) is 0. The highest BCUT2D eigenvalue weighted by Crippen LogP contribution is 2.10. The van der Waals surface area contributed by atoms with Gasteiger partial charge in [0.1, 0.15) is 6.04 Å². The normalized spacial score (nSPS) is 15.7. The summed E-state index contributed by atoms with van der Waals surface area (Å²) in [6.45, 7) is 4.27. The molecule has 0 aromatic heterocycles. The van der Waals surface area contributed by atoms with Crippen molar-refractivity contribution >= 4 is 17.3 Å². The SMILES string of the molecule is S=C(NCCc1ccccc1)NC[C@H](c1ccccc1)[NH+]1CCCC1. The molecule has 2 aromatic rings. The molecule has 1 aliphatic rings. The standard InChI is InChI=1S/C21H27N3S/c25-21(22-14-13-18-9-3-1-4-10-18)23-17-20(24-15-7-8-16-24)19-11-5-2-6-12-19/h1-6,9-12,20H,7-8,13-17H2,(H2,22,23,25)/p+1/t20-/m1/s1. The number of hydrogen-bond acceptors (Lipinski definition) is 1. The summed E-state index contributed by atoms with van der Waals surface area (Å²) >= 11 is 5.48. The number of nitrogens with one attached hydrogen (secondary N) is 3. The molecule has 1 fully saturated rings. The van der Waals surface area contributed by atoms with Gasteiger partial charge in [0, 0.05) is 24.9 Å². The smallest absolute Gasteiger partial charge is 0.166 e. The topological polar surface area (TPSA) is 28.5 Å². The highest BCUT2D eigenvalue weighted by Gasteiger charge is 2.27. The predicted octanol–water partition coefficient (Wildman–Crippen LogP) is 2.11. The van der Waals surface area contributed by atoms with Gasteiger partial charge in [-0.1, -0.05) is 60.7 Å². The van der Waals surface area contributed by atoms with Crippen molar-refractivity contribution in [1.82, 2.24) is 10.6 Å². The summed E-state index contributed by atoms with van der Waals surface area (Å²) in [5.41, 5.74) is 2.74. The van der Waals surface area contributed by atoms with E-state index in [9.17, 15) is 0 Å². The Morgan fingerprint density at radius 1 is 0.920 bits per heavy atom. The molecule has 0 aliphatic carbocycles. The number of hydrogen-bond donors (Lipinski definition) is 3. The second-order valence-electron chi connectivity index (χ2n) is 6.70. The van der Waals surface area contributed by atoms with E-state index >= 15 is 0 Å². The van der Waals surface area contributed by atoms with E-state index in [1.165, 1.54) is 37.1 Å². The molecular weight excluding hydrogens is 326 g/mol. The molecule has 0 amide bonds. The number of thiocarbonyl (C=S) groups is 1. The summed E-state index contributed by atoms with van der Waals surface area (Å²) in [5.74, 6) is 0. The first-order valence-electron chi connectivity index (χ1n) is 9.28. The van der Waals surface area contributed by atoms with Crippen molar-refractivity contribution in [2.45, 2.75) is 25.3 Å². The van der Waals surface area contributed by atoms with E-state index in [2.05, 4.69) is 65.2 Å². The third-order valence-electron chi connectivity index (χ3n) is 4.95. The Hall–Kier alpha value is -1.91. The van der Waals surface area contributed by atoms with Gasteiger partial charge in [0.05, 0.1) is 19.6 Å². The van der Waals surface area contributed by atoms with Crippen LogP contribution in [0.2, 0.25) is 0 Å². The fourth-order valence-corrected chi connectivity index (χ4v) is 3.77. The van der Waals surface area contributed by atoms with E-state index in [0.29, 0.717) is 6.04 Å². The predicted molar refractivity (Wildman–Crippen MR) is 108 cm³/mol. The lowest BCUT2D eigenvalue weighted by atomic mass is 10.1. The molecule has 0 bridgehead atoms. The average Bonchev–Trinajstić information content (AvgIpc) is 3.18. The molecule has 3 N–H and O–H groups in total. The van der Waals surface area contributed by atoms with E-state index in [-0.39, 0.29) is 0 Å². The third-order valence-corrected chi connectivity index (χ3v) is 5.24. The maximum absolute atomic E-state index is 5.48. The zero-order chi connectivity index (χ0) is 17.3. The lowest BCUT2D eigenvalue weighted by Gasteiger charge is -2.26. The molecule has 1 aliphatic heterocycles. The molecule has 0 saturated carbocycles. The molecule has 3 nitrogen and oxygen atoms in total. The summed E-state index contributed by atoms with van der Waals surface area (Å²) in [5, 5.41) is 7.54. The van der Waals surface area contributed by atoms with Gasteiger partial charge in [0.15, 0.2) is 5.11 Å². The van der Waals surface area contributed by atoms with Crippen LogP contribution in [0.4, 0.5) is 0 Å². The molecule has 25 heavy (non-hydrogen) atoms. The first-order chi connectivity index (χ1) is 12.3. The molecule has 0 unspecified atom stereocenters. The molecule has 1 atom stereocenters. The lowest BCUT2D eigenvalue weighted by molar-refractivity contribution is -0.918. The van der Waals surface area contributed by atoms with Crippen molar-refractivity contribution in [3.63, 3.8) is 0 Å². The van der Waals surface area contributed by atoms with Gasteiger partial charge in [-0.05, 0) is 24.2 Å². The van der Waals surface area contributed by atoms with E-state index in [4.69, 9.17) is 12.2 Å². The largest absolute Gasteiger partial charge is 0.362 e. The molecule has 0 spiro atoms. The van der Waals surface area contributed by atoms with Crippen molar-refractivity contribution in [1.29, 1.82) is 0 Å². The van der Waals surface area contributed by atoms with Gasteiger partial charge in [-0.25, -0.2) is 0 Å². The fourth-order valence-electron chi connectivity index (χ4n) is 3.58. The first-order valence-corrected chi connectivity index (χ1v) is 9.69. The van der Waals surface area contributed by atoms with Crippen LogP contribution in [0.15, 0.2) is 60.7 Å². The molecule has 2 aromatic carbocycles. The molecule has 1 heterocycles. The first kappa shape index (κ1) is 17.9. The van der Waals surface area contributed by atoms with Crippen molar-refractivity contribution < 1.29 is 4.90 Å². The van der Waals surface area contributed by atoms with Crippen molar-refractivity contribution in [2.75, 3.05) is 26.2 Å². The quantitative estimate of drug-likeness (QED) is 0.665. The highest BCUT2D eigenvalue weighted by atomic mass is 32.1. The van der Waals surface area contributed by atoms with Gasteiger partial charge in [-0.15, -0.1) is 0 Å². The number of likely N-dealkylation sites (tertiary alicyclic amines) is 1. The Labute approximate surface area is 156 Å². The molecule has 4 heteroatoms. The zero-order valence-electron chi connectivity index (χ0n) is 14.7. The van der Waals surface area contributed by atoms with Gasteiger partial charge in [-0.2, -0.15) is 0 Å². The Bertz CT molecular complexity index is 639. The van der Waals surface area contributed by atoms with Crippen LogP contribution in [0.3, 0.4) is 0 Å². The van der Waals surface area contributed by atoms with E-state index in [1.54, 1.807) is 4.90 Å². The maximum atomic E-state index is 5.48. The number of quaternary nitrogens is 1. The Morgan fingerprint density at radius 2 is 1.56 bits per heavy atom. The van der Waals surface area contributed by atoms with Gasteiger partial charge < -0.3 is 15.5 Å². The van der Waals surface area contributed by atoms with E-state index < -0.39 is 0 Å². The minimum absolute atomic E-state index is 0.470. The lowest BCUT2D eigenvalue weighted by Crippen LogP contribution is -3.11. The minimum atomic E-state index is 0.470. The molecule has 132 valence electrons. The van der Waals surface area contributed by atoms with Gasteiger partial charge in [0.25, 0.3) is 0 Å². The van der Waals surface area contributed by atoms with Crippen LogP contribution in [-0.2, 0) is 6.42 Å². The van der Waals surface area contributed by atoms with Crippen molar-refractivity contribution in [2.24, 2.45) is 0 Å². The van der Waals surface area contributed by atoms with Gasteiger partial charge in [0.2, 0.25) is 0 Å². The van der Waals surface area contributed by atoms with E-state index in [1.807, 2.05) is 6.07 Å². The van der Waals surface area contributed by atoms with E-state index in [0.717, 1.165) is 24.6 Å². The van der Waals surface area contributed by atoms with Crippen LogP contribution in [0.5, 0.6) is 0 Å². The van der Waals surface area contributed by atoms with Crippen molar-refractivity contribution in [3.05, 3.63) is 71.8 Å². The molecule has 0 radical (unpaired) electrons. The zero-order valence-corrected chi connectivity index (χ0v) is 15.5. The van der Waals surface area contributed by atoms with Crippen LogP contribution in [0, 0.1) is 0 Å². The summed E-state index contributed by atoms with van der Waals surface area (Å²) in [4.78, 5) is 1.67. The average molecular weight is 355 g/mol. The molecular formula is C21H28N3S+. The van der Waals surface area contributed by atoms with Crippen molar-refractivity contribution in [3.8, 4) is 0 Å². The van der Waals surface area contributed by atoms with Crippen LogP contribution in [-0.4, -0.2) is 31.3 Å². The molecule has 1 saturated heterocycles. The second-order valence-corrected chi connectivity index (χ2v) is 7.11. The fraction of sp³-hybridized carbons (Fsp3) is 0.381. The van der Waals surface area contributed by atoms with Crippen LogP contribution in [0.1, 0.15) is 30.0 Å². The third kappa shape index (κ3) is 5.55. The highest BCUT2D eigenvalue weighted by molar-refractivity contribution is 7.80. The summed E-state index contributed by atoms with van der Waals surface area (Å²) in [6, 6.07) is 21.8. The van der Waals surface area contributed by atoms with Crippen LogP contribution < -0.4 is 15.5 Å². The summed E-state index contributed by atoms with van der Waals surface area (Å²) in [6.07, 6.45) is 3.65. The maximum Gasteiger partial charge on any atom is 0.166 e. The Morgan fingerprint density at radius 3 is 2.24 bits per heavy atom. The minimum Gasteiger partial charge on any atom is -0.362 e. The Kier molecular flexibility index (Phi) is 6.83. The number of rotatable bonds is 7. The molecule has 3 rings (SSSR count). The number of benzene rings is 2. The summed E-state index contributed by atoms with van der Waals surface area (Å²) < 4.78 is 0. The van der Waals surface area contributed by atoms with Crippen LogP contribution in [0.25, 0.3) is 0 Å². The Balaban J connectivity index is 1.48. The van der Waals surface area contributed by atoms with Gasteiger partial charge in [-0.3, -0.25) is 0 Å².